The zero-order valence-electron chi connectivity index (χ0n) is 7.03. The number of nitrogens with zero attached hydrogens (tertiary/aromatic N) is 1. The molecule has 0 N–H and O–H groups in total. The topological polar surface area (TPSA) is 30.0 Å². The lowest BCUT2D eigenvalue weighted by atomic mass is 10.1. The van der Waals surface area contributed by atoms with Crippen LogP contribution in [-0.4, -0.2) is 10.8 Å². The lowest BCUT2D eigenvalue weighted by molar-refractivity contribution is -0.114. The Labute approximate surface area is 71.9 Å². The van der Waals surface area contributed by atoms with Gasteiger partial charge in [0.15, 0.2) is 5.78 Å². The number of pyridine rings is 1. The van der Waals surface area contributed by atoms with Crippen molar-refractivity contribution < 1.29 is 4.79 Å². The van der Waals surface area contributed by atoms with Crippen molar-refractivity contribution in [2.24, 2.45) is 0 Å². The van der Waals surface area contributed by atoms with E-state index in [2.05, 4.69) is 4.98 Å². The normalized spacial score (nSPS) is 10.4. The molecular formula is C10H11NO. The molecule has 0 aromatic carbocycles. The molecule has 12 heavy (non-hydrogen) atoms. The van der Waals surface area contributed by atoms with Crippen molar-refractivity contribution in [1.82, 2.24) is 4.98 Å². The Balaban J connectivity index is 2.59. The summed E-state index contributed by atoms with van der Waals surface area (Å²) in [5, 5.41) is 0. The number of rotatable bonds is 3. The molecule has 0 spiro atoms. The van der Waals surface area contributed by atoms with Gasteiger partial charge in [0.2, 0.25) is 0 Å². The number of ketones is 1. The third-order valence-electron chi connectivity index (χ3n) is 1.48. The van der Waals surface area contributed by atoms with E-state index in [9.17, 15) is 4.79 Å². The van der Waals surface area contributed by atoms with Crippen LogP contribution in [0.25, 0.3) is 0 Å². The van der Waals surface area contributed by atoms with Gasteiger partial charge in [-0.2, -0.15) is 0 Å². The fraction of sp³-hybridized carbons (Fsp3) is 0.200. The molecule has 0 radical (unpaired) electrons. The maximum atomic E-state index is 11.1. The summed E-state index contributed by atoms with van der Waals surface area (Å²) in [5.41, 5.74) is 1.01. The highest BCUT2D eigenvalue weighted by Gasteiger charge is 1.97. The molecule has 1 heterocycles. The number of hydrogen-bond donors (Lipinski definition) is 0. The standard InChI is InChI=1S/C10H11NO/c1-2-3-10(12)8-9-4-6-11-7-5-9/h2-7H,8H2,1H3/b3-2+. The van der Waals surface area contributed by atoms with Crippen molar-refractivity contribution in [3.63, 3.8) is 0 Å². The van der Waals surface area contributed by atoms with E-state index in [0.717, 1.165) is 5.56 Å². The van der Waals surface area contributed by atoms with Gasteiger partial charge >= 0.3 is 0 Å². The Morgan fingerprint density at radius 1 is 1.50 bits per heavy atom. The van der Waals surface area contributed by atoms with Crippen LogP contribution in [0, 0.1) is 0 Å². The number of carbonyl (C=O) groups excluding carboxylic acids is 1. The maximum absolute atomic E-state index is 11.1. The van der Waals surface area contributed by atoms with Crippen molar-refractivity contribution in [3.05, 3.63) is 42.2 Å². The zero-order valence-corrected chi connectivity index (χ0v) is 7.03. The van der Waals surface area contributed by atoms with Crippen LogP contribution in [0.5, 0.6) is 0 Å². The lowest BCUT2D eigenvalue weighted by Crippen LogP contribution is -1.97. The van der Waals surface area contributed by atoms with E-state index in [0.29, 0.717) is 6.42 Å². The Hall–Kier alpha value is -1.44. The average molecular weight is 161 g/mol. The van der Waals surface area contributed by atoms with Gasteiger partial charge in [-0.05, 0) is 30.7 Å². The largest absolute Gasteiger partial charge is 0.294 e. The van der Waals surface area contributed by atoms with Gasteiger partial charge in [0.25, 0.3) is 0 Å². The van der Waals surface area contributed by atoms with E-state index in [4.69, 9.17) is 0 Å². The van der Waals surface area contributed by atoms with Gasteiger partial charge < -0.3 is 0 Å². The minimum Gasteiger partial charge on any atom is -0.294 e. The fourth-order valence-corrected chi connectivity index (χ4v) is 0.947. The van der Waals surface area contributed by atoms with Gasteiger partial charge in [-0.15, -0.1) is 0 Å². The summed E-state index contributed by atoms with van der Waals surface area (Å²) in [6.45, 7) is 1.84. The Kier molecular flexibility index (Phi) is 3.20. The van der Waals surface area contributed by atoms with E-state index in [-0.39, 0.29) is 5.78 Å². The zero-order chi connectivity index (χ0) is 8.81. The Bertz CT molecular complexity index is 277. The minimum atomic E-state index is 0.128. The minimum absolute atomic E-state index is 0.128. The van der Waals surface area contributed by atoms with Crippen LogP contribution in [-0.2, 0) is 11.2 Å². The highest BCUT2D eigenvalue weighted by Crippen LogP contribution is 1.98. The smallest absolute Gasteiger partial charge is 0.159 e. The number of aromatic nitrogens is 1. The van der Waals surface area contributed by atoms with Crippen molar-refractivity contribution in [2.45, 2.75) is 13.3 Å². The van der Waals surface area contributed by atoms with E-state index in [1.165, 1.54) is 0 Å². The molecular weight excluding hydrogens is 150 g/mol. The molecule has 1 rings (SSSR count). The second-order valence-corrected chi connectivity index (χ2v) is 2.50. The molecule has 0 saturated heterocycles. The Morgan fingerprint density at radius 2 is 2.17 bits per heavy atom. The predicted octanol–water partition coefficient (Wildman–Crippen LogP) is 1.77. The molecule has 0 fully saturated rings. The molecule has 0 unspecified atom stereocenters. The highest BCUT2D eigenvalue weighted by atomic mass is 16.1. The van der Waals surface area contributed by atoms with Gasteiger partial charge in [0.05, 0.1) is 0 Å². The van der Waals surface area contributed by atoms with Gasteiger partial charge in [-0.25, -0.2) is 0 Å². The lowest BCUT2D eigenvalue weighted by Gasteiger charge is -1.94. The molecule has 0 amide bonds. The van der Waals surface area contributed by atoms with Crippen LogP contribution in [0.3, 0.4) is 0 Å². The van der Waals surface area contributed by atoms with E-state index in [1.807, 2.05) is 19.1 Å². The van der Waals surface area contributed by atoms with Crippen LogP contribution in [0.15, 0.2) is 36.7 Å². The first kappa shape index (κ1) is 8.65. The highest BCUT2D eigenvalue weighted by molar-refractivity contribution is 5.91. The van der Waals surface area contributed by atoms with E-state index in [1.54, 1.807) is 24.5 Å². The molecule has 0 aliphatic carbocycles. The molecule has 0 saturated carbocycles. The van der Waals surface area contributed by atoms with Crippen molar-refractivity contribution >= 4 is 5.78 Å². The molecule has 0 aliphatic heterocycles. The molecule has 2 heteroatoms. The van der Waals surface area contributed by atoms with Crippen LogP contribution in [0.1, 0.15) is 12.5 Å². The molecule has 1 aromatic heterocycles. The first-order valence-corrected chi connectivity index (χ1v) is 3.87. The quantitative estimate of drug-likeness (QED) is 0.632. The summed E-state index contributed by atoms with van der Waals surface area (Å²) in [6.07, 6.45) is 7.19. The second-order valence-electron chi connectivity index (χ2n) is 2.50. The number of carbonyl (C=O) groups is 1. The SMILES string of the molecule is C/C=C/C(=O)Cc1ccncc1. The van der Waals surface area contributed by atoms with Gasteiger partial charge in [0.1, 0.15) is 0 Å². The predicted molar refractivity (Wildman–Crippen MR) is 47.8 cm³/mol. The van der Waals surface area contributed by atoms with Crippen LogP contribution >= 0.6 is 0 Å². The molecule has 0 atom stereocenters. The first-order chi connectivity index (χ1) is 5.83. The summed E-state index contributed by atoms with van der Waals surface area (Å²) in [5.74, 6) is 0.128. The van der Waals surface area contributed by atoms with Gasteiger partial charge in [-0.3, -0.25) is 9.78 Å². The maximum Gasteiger partial charge on any atom is 0.159 e. The van der Waals surface area contributed by atoms with Crippen LogP contribution in [0.2, 0.25) is 0 Å². The molecule has 62 valence electrons. The number of hydrogen-bond acceptors (Lipinski definition) is 2. The third-order valence-corrected chi connectivity index (χ3v) is 1.48. The Morgan fingerprint density at radius 3 is 2.75 bits per heavy atom. The fourth-order valence-electron chi connectivity index (χ4n) is 0.947. The average Bonchev–Trinajstić information content (AvgIpc) is 2.06. The monoisotopic (exact) mass is 161 g/mol. The second kappa shape index (κ2) is 4.44. The summed E-state index contributed by atoms with van der Waals surface area (Å²) < 4.78 is 0. The molecule has 1 aromatic rings. The van der Waals surface area contributed by atoms with Crippen molar-refractivity contribution in [1.29, 1.82) is 0 Å². The van der Waals surface area contributed by atoms with Crippen molar-refractivity contribution in [2.75, 3.05) is 0 Å². The first-order valence-electron chi connectivity index (χ1n) is 3.87. The summed E-state index contributed by atoms with van der Waals surface area (Å²) in [4.78, 5) is 15.0. The molecule has 0 bridgehead atoms. The van der Waals surface area contributed by atoms with Crippen molar-refractivity contribution in [3.8, 4) is 0 Å². The van der Waals surface area contributed by atoms with Gasteiger partial charge in [-0.1, -0.05) is 6.08 Å². The summed E-state index contributed by atoms with van der Waals surface area (Å²) >= 11 is 0. The van der Waals surface area contributed by atoms with Gasteiger partial charge in [0, 0.05) is 18.8 Å². The summed E-state index contributed by atoms with van der Waals surface area (Å²) in [7, 11) is 0. The van der Waals surface area contributed by atoms with E-state index < -0.39 is 0 Å². The van der Waals surface area contributed by atoms with Crippen LogP contribution in [0.4, 0.5) is 0 Å². The van der Waals surface area contributed by atoms with Crippen LogP contribution < -0.4 is 0 Å². The molecule has 2 nitrogen and oxygen atoms in total. The third kappa shape index (κ3) is 2.66. The number of allylic oxidation sites excluding steroid dienone is 2. The molecule has 0 aliphatic rings. The van der Waals surface area contributed by atoms with E-state index >= 15 is 0 Å². The summed E-state index contributed by atoms with van der Waals surface area (Å²) in [6, 6.07) is 3.70.